The van der Waals surface area contributed by atoms with E-state index in [1.807, 2.05) is 0 Å². The van der Waals surface area contributed by atoms with Gasteiger partial charge in [-0.1, -0.05) is 0 Å². The number of carbonyl (C=O) groups is 1. The van der Waals surface area contributed by atoms with Crippen molar-refractivity contribution in [1.82, 2.24) is 5.32 Å². The Morgan fingerprint density at radius 1 is 1.29 bits per heavy atom. The zero-order valence-electron chi connectivity index (χ0n) is 13.1. The summed E-state index contributed by atoms with van der Waals surface area (Å²) in [6, 6.07) is 1.77. The van der Waals surface area contributed by atoms with Crippen LogP contribution in [0.5, 0.6) is 0 Å². The van der Waals surface area contributed by atoms with Gasteiger partial charge in [0.1, 0.15) is 0 Å². The van der Waals surface area contributed by atoms with Crippen molar-refractivity contribution in [3.8, 4) is 0 Å². The van der Waals surface area contributed by atoms with E-state index in [0.717, 1.165) is 12.1 Å². The third-order valence-corrected chi connectivity index (χ3v) is 5.39. The zero-order valence-corrected chi connectivity index (χ0v) is 14.0. The molecule has 1 unspecified atom stereocenters. The van der Waals surface area contributed by atoms with Gasteiger partial charge in [-0.15, -0.1) is 0 Å². The number of anilines is 2. The molecule has 1 aromatic rings. The Morgan fingerprint density at radius 2 is 1.96 bits per heavy atom. The fourth-order valence-corrected chi connectivity index (χ4v) is 4.13. The van der Waals surface area contributed by atoms with Gasteiger partial charge in [0.05, 0.1) is 28.4 Å². The van der Waals surface area contributed by atoms with Crippen LogP contribution in [0, 0.1) is 0 Å². The lowest BCUT2D eigenvalue weighted by atomic mass is 10.1. The highest BCUT2D eigenvalue weighted by Gasteiger charge is 2.32. The van der Waals surface area contributed by atoms with E-state index in [1.54, 1.807) is 19.0 Å². The summed E-state index contributed by atoms with van der Waals surface area (Å²) in [5.74, 6) is -0.173. The molecular formula is C14H18F3N3O3S. The van der Waals surface area contributed by atoms with E-state index < -0.39 is 33.6 Å². The van der Waals surface area contributed by atoms with Gasteiger partial charge < -0.3 is 15.5 Å². The number of rotatable bonds is 3. The Hall–Kier alpha value is -1.97. The number of amides is 2. The summed E-state index contributed by atoms with van der Waals surface area (Å²) in [5, 5.41) is 4.85. The van der Waals surface area contributed by atoms with E-state index in [0.29, 0.717) is 12.1 Å². The van der Waals surface area contributed by atoms with Gasteiger partial charge in [-0.25, -0.2) is 13.2 Å². The molecule has 1 heterocycles. The van der Waals surface area contributed by atoms with Crippen molar-refractivity contribution in [3.63, 3.8) is 0 Å². The second-order valence-electron chi connectivity index (χ2n) is 5.82. The summed E-state index contributed by atoms with van der Waals surface area (Å²) in [6.07, 6.45) is -4.24. The van der Waals surface area contributed by atoms with Crippen molar-refractivity contribution >= 4 is 27.2 Å². The molecule has 2 N–H and O–H groups in total. The number of alkyl halides is 3. The lowest BCUT2D eigenvalue weighted by molar-refractivity contribution is -0.137. The smallest absolute Gasteiger partial charge is 0.376 e. The topological polar surface area (TPSA) is 78.5 Å². The second kappa shape index (κ2) is 6.50. The highest BCUT2D eigenvalue weighted by Crippen LogP contribution is 2.34. The highest BCUT2D eigenvalue weighted by atomic mass is 32.2. The van der Waals surface area contributed by atoms with Gasteiger partial charge >= 0.3 is 12.2 Å². The van der Waals surface area contributed by atoms with Gasteiger partial charge in [0.25, 0.3) is 0 Å². The highest BCUT2D eigenvalue weighted by molar-refractivity contribution is 7.91. The minimum absolute atomic E-state index is 0.00632. The maximum Gasteiger partial charge on any atom is 0.416 e. The Balaban J connectivity index is 2.16. The molecule has 1 aliphatic heterocycles. The standard InChI is InChI=1S/C14H18F3N3O3S/c1-20(2)12-4-3-9(14(15,16)17)7-11(12)19-13(21)18-10-5-6-24(22,23)8-10/h3-4,7,10H,5-6,8H2,1-2H3,(H2,18,19,21). The average molecular weight is 365 g/mol. The van der Waals surface area contributed by atoms with Crippen LogP contribution in [-0.2, 0) is 16.0 Å². The number of carbonyl (C=O) groups excluding carboxylic acids is 1. The molecule has 1 aromatic carbocycles. The second-order valence-corrected chi connectivity index (χ2v) is 8.05. The summed E-state index contributed by atoms with van der Waals surface area (Å²) < 4.78 is 61.3. The lowest BCUT2D eigenvalue weighted by Gasteiger charge is -2.20. The summed E-state index contributed by atoms with van der Waals surface area (Å²) in [4.78, 5) is 13.6. The maximum absolute atomic E-state index is 12.8. The van der Waals surface area contributed by atoms with Crippen LogP contribution in [-0.4, -0.2) is 46.1 Å². The monoisotopic (exact) mass is 365 g/mol. The third-order valence-electron chi connectivity index (χ3n) is 3.62. The summed E-state index contributed by atoms with van der Waals surface area (Å²) >= 11 is 0. The van der Waals surface area contributed by atoms with Crippen molar-refractivity contribution in [3.05, 3.63) is 23.8 Å². The molecule has 1 aliphatic rings. The summed E-state index contributed by atoms with van der Waals surface area (Å²) in [7, 11) is 0.107. The first-order chi connectivity index (χ1) is 11.0. The first-order valence-electron chi connectivity index (χ1n) is 7.14. The number of hydrogen-bond acceptors (Lipinski definition) is 4. The van der Waals surface area contributed by atoms with E-state index in [4.69, 9.17) is 0 Å². The van der Waals surface area contributed by atoms with Gasteiger partial charge in [-0.3, -0.25) is 0 Å². The molecule has 0 aromatic heterocycles. The molecule has 0 aliphatic carbocycles. The summed E-state index contributed by atoms with van der Waals surface area (Å²) in [5.41, 5.74) is -0.489. The predicted molar refractivity (Wildman–Crippen MR) is 85.0 cm³/mol. The Kier molecular flexibility index (Phi) is 4.97. The molecule has 134 valence electrons. The number of hydrogen-bond donors (Lipinski definition) is 2. The van der Waals surface area contributed by atoms with E-state index in [1.165, 1.54) is 6.07 Å². The number of benzene rings is 1. The normalized spacial score (nSPS) is 19.8. The van der Waals surface area contributed by atoms with Gasteiger partial charge in [0.15, 0.2) is 9.84 Å². The molecule has 10 heteroatoms. The van der Waals surface area contributed by atoms with Crippen LogP contribution in [0.4, 0.5) is 29.3 Å². The van der Waals surface area contributed by atoms with E-state index in [-0.39, 0.29) is 17.2 Å². The minimum Gasteiger partial charge on any atom is -0.376 e. The summed E-state index contributed by atoms with van der Waals surface area (Å²) in [6.45, 7) is 0. The maximum atomic E-state index is 12.8. The van der Waals surface area contributed by atoms with Crippen LogP contribution in [0.2, 0.25) is 0 Å². The van der Waals surface area contributed by atoms with Crippen LogP contribution < -0.4 is 15.5 Å². The Morgan fingerprint density at radius 3 is 2.46 bits per heavy atom. The SMILES string of the molecule is CN(C)c1ccc(C(F)(F)F)cc1NC(=O)NC1CCS(=O)(=O)C1. The Bertz CT molecular complexity index is 733. The number of sulfone groups is 1. The van der Waals surface area contributed by atoms with Gasteiger partial charge in [0.2, 0.25) is 0 Å². The van der Waals surface area contributed by atoms with Crippen molar-refractivity contribution < 1.29 is 26.4 Å². The lowest BCUT2D eigenvalue weighted by Crippen LogP contribution is -2.38. The van der Waals surface area contributed by atoms with E-state index in [2.05, 4.69) is 10.6 Å². The zero-order chi connectivity index (χ0) is 18.1. The molecule has 1 saturated heterocycles. The van der Waals surface area contributed by atoms with Crippen molar-refractivity contribution in [2.45, 2.75) is 18.6 Å². The van der Waals surface area contributed by atoms with E-state index in [9.17, 15) is 26.4 Å². The van der Waals surface area contributed by atoms with E-state index >= 15 is 0 Å². The molecule has 0 saturated carbocycles. The molecule has 1 atom stereocenters. The molecule has 0 spiro atoms. The Labute approximate surface area is 137 Å². The van der Waals surface area contributed by atoms with Crippen LogP contribution in [0.25, 0.3) is 0 Å². The van der Waals surface area contributed by atoms with Gasteiger partial charge in [-0.2, -0.15) is 13.2 Å². The number of halogens is 3. The van der Waals surface area contributed by atoms with Gasteiger partial charge in [-0.05, 0) is 24.6 Å². The number of nitrogens with zero attached hydrogens (tertiary/aromatic N) is 1. The van der Waals surface area contributed by atoms with Crippen molar-refractivity contribution in [2.24, 2.45) is 0 Å². The van der Waals surface area contributed by atoms with Crippen LogP contribution in [0.1, 0.15) is 12.0 Å². The van der Waals surface area contributed by atoms with Crippen molar-refractivity contribution in [1.29, 1.82) is 0 Å². The fraction of sp³-hybridized carbons (Fsp3) is 0.500. The fourth-order valence-electron chi connectivity index (χ4n) is 2.46. The number of urea groups is 1. The number of nitrogens with one attached hydrogen (secondary N) is 2. The molecule has 0 radical (unpaired) electrons. The molecule has 1 fully saturated rings. The largest absolute Gasteiger partial charge is 0.416 e. The molecule has 6 nitrogen and oxygen atoms in total. The molecule has 0 bridgehead atoms. The van der Waals surface area contributed by atoms with Crippen molar-refractivity contribution in [2.75, 3.05) is 35.8 Å². The first-order valence-corrected chi connectivity index (χ1v) is 8.96. The van der Waals surface area contributed by atoms with Crippen LogP contribution in [0.3, 0.4) is 0 Å². The quantitative estimate of drug-likeness (QED) is 0.860. The first kappa shape index (κ1) is 18.4. The predicted octanol–water partition coefficient (Wildman–Crippen LogP) is 2.08. The van der Waals surface area contributed by atoms with Crippen LogP contribution in [0.15, 0.2) is 18.2 Å². The molecule has 2 amide bonds. The minimum atomic E-state index is -4.53. The third kappa shape index (κ3) is 4.53. The molecule has 24 heavy (non-hydrogen) atoms. The van der Waals surface area contributed by atoms with Crippen LogP contribution >= 0.6 is 0 Å². The average Bonchev–Trinajstić information content (AvgIpc) is 2.76. The molecular weight excluding hydrogens is 347 g/mol. The molecule has 2 rings (SSSR count). The van der Waals surface area contributed by atoms with Gasteiger partial charge in [0, 0.05) is 20.1 Å².